The first-order valence-corrected chi connectivity index (χ1v) is 8.84. The van der Waals surface area contributed by atoms with E-state index >= 15 is 0 Å². The van der Waals surface area contributed by atoms with Crippen LogP contribution in [-0.4, -0.2) is 53.7 Å². The predicted molar refractivity (Wildman–Crippen MR) is 94.2 cm³/mol. The van der Waals surface area contributed by atoms with Gasteiger partial charge in [-0.05, 0) is 26.2 Å². The van der Waals surface area contributed by atoms with Crippen molar-refractivity contribution in [3.05, 3.63) is 45.5 Å². The van der Waals surface area contributed by atoms with Crippen molar-refractivity contribution < 1.29 is 4.79 Å². The Balaban J connectivity index is 1.54. The lowest BCUT2D eigenvalue weighted by Crippen LogP contribution is -2.38. The van der Waals surface area contributed by atoms with Gasteiger partial charge in [0.2, 0.25) is 5.82 Å². The van der Waals surface area contributed by atoms with E-state index in [1.165, 1.54) is 10.8 Å². The van der Waals surface area contributed by atoms with Crippen molar-refractivity contribution in [1.29, 1.82) is 0 Å². The summed E-state index contributed by atoms with van der Waals surface area (Å²) in [6.07, 6.45) is 3.64. The summed E-state index contributed by atoms with van der Waals surface area (Å²) in [7, 11) is 0. The maximum atomic E-state index is 12.6. The van der Waals surface area contributed by atoms with Crippen molar-refractivity contribution in [3.63, 3.8) is 0 Å². The SMILES string of the molecule is CCc1c(C)nc2cc(C3CCN(C(=O)c4ncn[nH]4)CC3)[nH]n2c1=O. The van der Waals surface area contributed by atoms with Gasteiger partial charge in [-0.25, -0.2) is 14.5 Å². The molecular weight excluding hydrogens is 334 g/mol. The molecule has 1 amide bonds. The number of carbonyl (C=O) groups excluding carboxylic acids is 1. The topological polar surface area (TPSA) is 112 Å². The average Bonchev–Trinajstić information content (AvgIpc) is 3.31. The predicted octanol–water partition coefficient (Wildman–Crippen LogP) is 1.03. The Labute approximate surface area is 149 Å². The van der Waals surface area contributed by atoms with Crippen molar-refractivity contribution in [2.24, 2.45) is 0 Å². The molecule has 2 N–H and O–H groups in total. The van der Waals surface area contributed by atoms with Crippen LogP contribution >= 0.6 is 0 Å². The third-order valence-electron chi connectivity index (χ3n) is 5.13. The lowest BCUT2D eigenvalue weighted by atomic mass is 9.93. The van der Waals surface area contributed by atoms with Crippen molar-refractivity contribution in [2.75, 3.05) is 13.1 Å². The van der Waals surface area contributed by atoms with Gasteiger partial charge < -0.3 is 4.90 Å². The molecular formula is C17H21N7O2. The molecule has 4 heterocycles. The van der Waals surface area contributed by atoms with Crippen LogP contribution in [0.25, 0.3) is 5.65 Å². The van der Waals surface area contributed by atoms with E-state index in [4.69, 9.17) is 0 Å². The fourth-order valence-electron chi connectivity index (χ4n) is 3.66. The molecule has 1 aliphatic rings. The molecule has 0 radical (unpaired) electrons. The van der Waals surface area contributed by atoms with E-state index in [-0.39, 0.29) is 23.2 Å². The first kappa shape index (κ1) is 16.5. The molecule has 136 valence electrons. The van der Waals surface area contributed by atoms with E-state index in [2.05, 4.69) is 25.3 Å². The first-order valence-electron chi connectivity index (χ1n) is 8.84. The van der Waals surface area contributed by atoms with E-state index in [1.54, 1.807) is 4.90 Å². The van der Waals surface area contributed by atoms with Crippen LogP contribution in [0.1, 0.15) is 53.3 Å². The Kier molecular flexibility index (Phi) is 4.06. The number of rotatable bonds is 3. The molecule has 1 saturated heterocycles. The molecule has 0 spiro atoms. The van der Waals surface area contributed by atoms with Gasteiger partial charge in [-0.3, -0.25) is 19.8 Å². The second kappa shape index (κ2) is 6.40. The van der Waals surface area contributed by atoms with Crippen LogP contribution in [0.5, 0.6) is 0 Å². The summed E-state index contributed by atoms with van der Waals surface area (Å²) in [5, 5.41) is 9.56. The van der Waals surface area contributed by atoms with Crippen molar-refractivity contribution in [1.82, 2.24) is 34.7 Å². The molecule has 0 unspecified atom stereocenters. The van der Waals surface area contributed by atoms with Gasteiger partial charge in [0.15, 0.2) is 5.65 Å². The van der Waals surface area contributed by atoms with Gasteiger partial charge in [0.1, 0.15) is 6.33 Å². The van der Waals surface area contributed by atoms with Gasteiger partial charge in [-0.1, -0.05) is 6.92 Å². The standard InChI is InChI=1S/C17H21N7O2/c1-3-12-10(2)20-14-8-13(22-24(14)16(12)25)11-4-6-23(7-5-11)17(26)15-18-9-19-21-15/h8-9,11,22H,3-7H2,1-2H3,(H,18,19,21). The number of hydrogen-bond acceptors (Lipinski definition) is 5. The second-order valence-electron chi connectivity index (χ2n) is 6.64. The number of hydrogen-bond donors (Lipinski definition) is 2. The van der Waals surface area contributed by atoms with Gasteiger partial charge in [0, 0.05) is 42.0 Å². The Hall–Kier alpha value is -2.97. The van der Waals surface area contributed by atoms with Crippen LogP contribution in [0.4, 0.5) is 0 Å². The van der Waals surface area contributed by atoms with Crippen LogP contribution in [0, 0.1) is 6.92 Å². The molecule has 0 saturated carbocycles. The third-order valence-corrected chi connectivity index (χ3v) is 5.13. The summed E-state index contributed by atoms with van der Waals surface area (Å²) in [4.78, 5) is 35.1. The van der Waals surface area contributed by atoms with E-state index < -0.39 is 0 Å². The first-order chi connectivity index (χ1) is 12.6. The van der Waals surface area contributed by atoms with Crippen LogP contribution in [0.15, 0.2) is 17.2 Å². The quantitative estimate of drug-likeness (QED) is 0.729. The minimum atomic E-state index is -0.126. The smallest absolute Gasteiger partial charge is 0.291 e. The molecule has 0 atom stereocenters. The van der Waals surface area contributed by atoms with Crippen molar-refractivity contribution in [3.8, 4) is 0 Å². The summed E-state index contributed by atoms with van der Waals surface area (Å²) in [6, 6.07) is 1.95. The van der Waals surface area contributed by atoms with E-state index in [9.17, 15) is 9.59 Å². The molecule has 9 heteroatoms. The van der Waals surface area contributed by atoms with Gasteiger partial charge >= 0.3 is 0 Å². The molecule has 3 aromatic rings. The van der Waals surface area contributed by atoms with Crippen molar-refractivity contribution in [2.45, 2.75) is 39.0 Å². The van der Waals surface area contributed by atoms with E-state index in [0.717, 1.165) is 29.8 Å². The number of amides is 1. The van der Waals surface area contributed by atoms with Crippen LogP contribution in [-0.2, 0) is 6.42 Å². The fraction of sp³-hybridized carbons (Fsp3) is 0.471. The zero-order chi connectivity index (χ0) is 18.3. The van der Waals surface area contributed by atoms with E-state index in [1.807, 2.05) is 19.9 Å². The fourth-order valence-corrected chi connectivity index (χ4v) is 3.66. The third kappa shape index (κ3) is 2.69. The summed E-state index contributed by atoms with van der Waals surface area (Å²) in [6.45, 7) is 5.12. The number of H-pyrrole nitrogens is 2. The molecule has 1 fully saturated rings. The highest BCUT2D eigenvalue weighted by atomic mass is 16.2. The molecule has 1 aliphatic heterocycles. The number of aryl methyl sites for hydroxylation is 1. The molecule has 0 aromatic carbocycles. The number of fused-ring (bicyclic) bond motifs is 1. The minimum Gasteiger partial charge on any atom is -0.336 e. The second-order valence-corrected chi connectivity index (χ2v) is 6.64. The Morgan fingerprint density at radius 2 is 2.12 bits per heavy atom. The minimum absolute atomic E-state index is 0.0285. The monoisotopic (exact) mass is 355 g/mol. The number of carbonyl (C=O) groups is 1. The summed E-state index contributed by atoms with van der Waals surface area (Å²) >= 11 is 0. The van der Waals surface area contributed by atoms with Crippen LogP contribution in [0.3, 0.4) is 0 Å². The largest absolute Gasteiger partial charge is 0.336 e. The zero-order valence-corrected chi connectivity index (χ0v) is 14.8. The molecule has 9 nitrogen and oxygen atoms in total. The van der Waals surface area contributed by atoms with E-state index in [0.29, 0.717) is 25.2 Å². The molecule has 4 rings (SSSR count). The maximum Gasteiger partial charge on any atom is 0.291 e. The number of aromatic nitrogens is 6. The van der Waals surface area contributed by atoms with Crippen LogP contribution < -0.4 is 5.56 Å². The highest BCUT2D eigenvalue weighted by Gasteiger charge is 2.27. The molecule has 3 aromatic heterocycles. The zero-order valence-electron chi connectivity index (χ0n) is 14.8. The number of nitrogens with one attached hydrogen (secondary N) is 2. The Morgan fingerprint density at radius 1 is 1.35 bits per heavy atom. The highest BCUT2D eigenvalue weighted by Crippen LogP contribution is 2.28. The number of aromatic amines is 2. The van der Waals surface area contributed by atoms with Crippen LogP contribution in [0.2, 0.25) is 0 Å². The molecule has 0 bridgehead atoms. The normalized spacial score (nSPS) is 15.7. The number of likely N-dealkylation sites (tertiary alicyclic amines) is 1. The number of nitrogens with zero attached hydrogens (tertiary/aromatic N) is 5. The summed E-state index contributed by atoms with van der Waals surface area (Å²) in [5.74, 6) is 0.409. The van der Waals surface area contributed by atoms with Gasteiger partial charge in [0.25, 0.3) is 11.5 Å². The lowest BCUT2D eigenvalue weighted by molar-refractivity contribution is 0.0700. The van der Waals surface area contributed by atoms with Gasteiger partial charge in [-0.15, -0.1) is 0 Å². The van der Waals surface area contributed by atoms with Gasteiger partial charge in [-0.2, -0.15) is 5.10 Å². The average molecular weight is 355 g/mol. The molecule has 0 aliphatic carbocycles. The number of piperidine rings is 1. The highest BCUT2D eigenvalue weighted by molar-refractivity contribution is 5.90. The molecule has 26 heavy (non-hydrogen) atoms. The van der Waals surface area contributed by atoms with Crippen molar-refractivity contribution >= 4 is 11.6 Å². The summed E-state index contributed by atoms with van der Waals surface area (Å²) in [5.41, 5.74) is 3.15. The Morgan fingerprint density at radius 3 is 2.77 bits per heavy atom. The summed E-state index contributed by atoms with van der Waals surface area (Å²) < 4.78 is 1.53. The van der Waals surface area contributed by atoms with Gasteiger partial charge in [0.05, 0.1) is 0 Å². The Bertz CT molecular complexity index is 994. The maximum absolute atomic E-state index is 12.6. The lowest BCUT2D eigenvalue weighted by Gasteiger charge is -2.30.